The minimum absolute atomic E-state index is 0.0115. The molecule has 6 heteroatoms. The van der Waals surface area contributed by atoms with Crippen LogP contribution in [0.15, 0.2) is 54.6 Å². The Morgan fingerprint density at radius 1 is 1.06 bits per heavy atom. The number of carbonyl (C=O) groups is 2. The Labute approximate surface area is 196 Å². The first-order chi connectivity index (χ1) is 16.0. The lowest BCUT2D eigenvalue weighted by Crippen LogP contribution is -2.55. The second kappa shape index (κ2) is 10.8. The number of fused-ring (bicyclic) bond motifs is 1. The summed E-state index contributed by atoms with van der Waals surface area (Å²) in [7, 11) is 4.01. The maximum absolute atomic E-state index is 14.0. The number of ether oxygens (including phenoxy) is 1. The fraction of sp³-hybridized carbons (Fsp3) is 0.481. The molecular weight excluding hydrogens is 414 g/mol. The first kappa shape index (κ1) is 23.3. The number of rotatable bonds is 7. The van der Waals surface area contributed by atoms with Gasteiger partial charge in [-0.3, -0.25) is 9.59 Å². The molecule has 176 valence electrons. The van der Waals surface area contributed by atoms with E-state index in [1.54, 1.807) is 0 Å². The third-order valence-corrected chi connectivity index (χ3v) is 6.67. The summed E-state index contributed by atoms with van der Waals surface area (Å²) in [6.45, 7) is 1.59. The zero-order valence-corrected chi connectivity index (χ0v) is 19.7. The second-order valence-corrected chi connectivity index (χ2v) is 9.53. The van der Waals surface area contributed by atoms with E-state index in [9.17, 15) is 9.59 Å². The van der Waals surface area contributed by atoms with Gasteiger partial charge in [0.05, 0.1) is 6.04 Å². The van der Waals surface area contributed by atoms with Crippen molar-refractivity contribution in [3.05, 3.63) is 65.7 Å². The highest BCUT2D eigenvalue weighted by atomic mass is 16.5. The van der Waals surface area contributed by atoms with Gasteiger partial charge in [0.25, 0.3) is 0 Å². The molecule has 2 aromatic carbocycles. The number of nitrogens with zero attached hydrogens (tertiary/aromatic N) is 2. The molecule has 6 nitrogen and oxygen atoms in total. The molecule has 2 atom stereocenters. The van der Waals surface area contributed by atoms with Crippen LogP contribution in [0.4, 0.5) is 0 Å². The molecule has 33 heavy (non-hydrogen) atoms. The molecular formula is C27H35N3O3. The van der Waals surface area contributed by atoms with Crippen LogP contribution in [0.3, 0.4) is 0 Å². The molecule has 0 aromatic heterocycles. The van der Waals surface area contributed by atoms with Crippen molar-refractivity contribution in [1.82, 2.24) is 15.1 Å². The van der Waals surface area contributed by atoms with E-state index >= 15 is 0 Å². The molecule has 1 saturated carbocycles. The molecule has 2 amide bonds. The van der Waals surface area contributed by atoms with Gasteiger partial charge in [-0.1, -0.05) is 61.4 Å². The van der Waals surface area contributed by atoms with Gasteiger partial charge >= 0.3 is 0 Å². The highest BCUT2D eigenvalue weighted by Crippen LogP contribution is 2.27. The Kier molecular flexibility index (Phi) is 7.65. The number of benzene rings is 2. The van der Waals surface area contributed by atoms with Crippen LogP contribution in [0.25, 0.3) is 0 Å². The summed E-state index contributed by atoms with van der Waals surface area (Å²) >= 11 is 0. The fourth-order valence-electron chi connectivity index (χ4n) is 4.92. The standard InChI is InChI=1S/C27H35N3O3/c1-29(2)18-23-19-33-25-15-9-8-14-22(25)17-30(23)27(32)24(16-20-10-4-3-5-11-20)28-26(31)21-12-6-7-13-21/h3-5,8-11,14-15,21,23-24H,6-7,12-13,16-19H2,1-2H3,(H,28,31). The molecule has 0 radical (unpaired) electrons. The smallest absolute Gasteiger partial charge is 0.246 e. The van der Waals surface area contributed by atoms with Gasteiger partial charge in [0, 0.05) is 31.0 Å². The summed E-state index contributed by atoms with van der Waals surface area (Å²) in [4.78, 5) is 31.1. The highest BCUT2D eigenvalue weighted by Gasteiger charge is 2.35. The van der Waals surface area contributed by atoms with Crippen LogP contribution in [-0.2, 0) is 22.6 Å². The summed E-state index contributed by atoms with van der Waals surface area (Å²) in [5.41, 5.74) is 2.03. The first-order valence-electron chi connectivity index (χ1n) is 12.0. The predicted molar refractivity (Wildman–Crippen MR) is 129 cm³/mol. The Bertz CT molecular complexity index is 941. The van der Waals surface area contributed by atoms with Crippen molar-refractivity contribution in [2.45, 2.75) is 50.7 Å². The molecule has 0 bridgehead atoms. The number of carbonyl (C=O) groups excluding carboxylic acids is 2. The summed E-state index contributed by atoms with van der Waals surface area (Å²) in [6, 6.07) is 17.1. The maximum Gasteiger partial charge on any atom is 0.246 e. The third kappa shape index (κ3) is 5.93. The largest absolute Gasteiger partial charge is 0.491 e. The SMILES string of the molecule is CN(C)CC1COc2ccccc2CN1C(=O)C(Cc1ccccc1)NC(=O)C1CCCC1. The number of para-hydroxylation sites is 1. The Hall–Kier alpha value is -2.86. The van der Waals surface area contributed by atoms with Gasteiger partial charge in [-0.2, -0.15) is 0 Å². The Morgan fingerprint density at radius 2 is 1.76 bits per heavy atom. The van der Waals surface area contributed by atoms with Gasteiger partial charge in [0.2, 0.25) is 11.8 Å². The maximum atomic E-state index is 14.0. The Morgan fingerprint density at radius 3 is 2.48 bits per heavy atom. The number of hydrogen-bond acceptors (Lipinski definition) is 4. The molecule has 0 saturated heterocycles. The van der Waals surface area contributed by atoms with Gasteiger partial charge in [-0.25, -0.2) is 0 Å². The van der Waals surface area contributed by atoms with E-state index in [2.05, 4.69) is 10.2 Å². The molecule has 2 unspecified atom stereocenters. The topological polar surface area (TPSA) is 61.9 Å². The van der Waals surface area contributed by atoms with Gasteiger partial charge in [0.1, 0.15) is 18.4 Å². The van der Waals surface area contributed by atoms with Crippen molar-refractivity contribution in [2.75, 3.05) is 27.2 Å². The molecule has 2 aliphatic rings. The van der Waals surface area contributed by atoms with Crippen LogP contribution in [0.2, 0.25) is 0 Å². The summed E-state index contributed by atoms with van der Waals surface area (Å²) in [6.07, 6.45) is 4.46. The molecule has 2 aromatic rings. The molecule has 0 spiro atoms. The highest BCUT2D eigenvalue weighted by molar-refractivity contribution is 5.89. The fourth-order valence-corrected chi connectivity index (χ4v) is 4.92. The third-order valence-electron chi connectivity index (χ3n) is 6.67. The molecule has 1 N–H and O–H groups in total. The molecule has 1 heterocycles. The zero-order chi connectivity index (χ0) is 23.2. The quantitative estimate of drug-likeness (QED) is 0.705. The normalized spacial score (nSPS) is 19.5. The molecule has 1 aliphatic carbocycles. The van der Waals surface area contributed by atoms with Crippen molar-refractivity contribution in [3.63, 3.8) is 0 Å². The number of nitrogens with one attached hydrogen (secondary N) is 1. The summed E-state index contributed by atoms with van der Waals surface area (Å²) in [5, 5.41) is 3.14. The van der Waals surface area contributed by atoms with E-state index < -0.39 is 6.04 Å². The van der Waals surface area contributed by atoms with Crippen LogP contribution in [0.5, 0.6) is 5.75 Å². The zero-order valence-electron chi connectivity index (χ0n) is 19.7. The minimum Gasteiger partial charge on any atom is -0.491 e. The summed E-state index contributed by atoms with van der Waals surface area (Å²) < 4.78 is 6.09. The van der Waals surface area contributed by atoms with Crippen molar-refractivity contribution < 1.29 is 14.3 Å². The first-order valence-corrected chi connectivity index (χ1v) is 12.0. The number of amides is 2. The van der Waals surface area contributed by atoms with E-state index in [0.717, 1.165) is 42.6 Å². The van der Waals surface area contributed by atoms with Crippen molar-refractivity contribution in [2.24, 2.45) is 5.92 Å². The van der Waals surface area contributed by atoms with Crippen LogP contribution in [0, 0.1) is 5.92 Å². The molecule has 1 aliphatic heterocycles. The lowest BCUT2D eigenvalue weighted by atomic mass is 10.0. The van der Waals surface area contributed by atoms with Crippen LogP contribution < -0.4 is 10.1 Å². The number of hydrogen-bond donors (Lipinski definition) is 1. The minimum atomic E-state index is -0.601. The van der Waals surface area contributed by atoms with Crippen molar-refractivity contribution in [1.29, 1.82) is 0 Å². The van der Waals surface area contributed by atoms with Gasteiger partial charge < -0.3 is 19.9 Å². The van der Waals surface area contributed by atoms with Crippen molar-refractivity contribution in [3.8, 4) is 5.75 Å². The Balaban J connectivity index is 1.61. The monoisotopic (exact) mass is 449 g/mol. The summed E-state index contributed by atoms with van der Waals surface area (Å²) in [5.74, 6) is 0.808. The average molecular weight is 450 g/mol. The van der Waals surface area contributed by atoms with E-state index in [4.69, 9.17) is 4.74 Å². The van der Waals surface area contributed by atoms with Gasteiger partial charge in [-0.05, 0) is 38.6 Å². The van der Waals surface area contributed by atoms with Crippen LogP contribution in [-0.4, -0.2) is 60.9 Å². The second-order valence-electron chi connectivity index (χ2n) is 9.53. The lowest BCUT2D eigenvalue weighted by molar-refractivity contribution is -0.140. The lowest BCUT2D eigenvalue weighted by Gasteiger charge is -2.34. The predicted octanol–water partition coefficient (Wildman–Crippen LogP) is 3.26. The van der Waals surface area contributed by atoms with Crippen LogP contribution >= 0.6 is 0 Å². The van der Waals surface area contributed by atoms with E-state index in [0.29, 0.717) is 26.1 Å². The van der Waals surface area contributed by atoms with E-state index in [1.165, 1.54) is 0 Å². The average Bonchev–Trinajstić information content (AvgIpc) is 3.30. The van der Waals surface area contributed by atoms with Crippen molar-refractivity contribution >= 4 is 11.8 Å². The van der Waals surface area contributed by atoms with Gasteiger partial charge in [-0.15, -0.1) is 0 Å². The van der Waals surface area contributed by atoms with E-state index in [1.807, 2.05) is 73.6 Å². The van der Waals surface area contributed by atoms with Crippen LogP contribution in [0.1, 0.15) is 36.8 Å². The molecule has 1 fully saturated rings. The number of likely N-dealkylation sites (N-methyl/N-ethyl adjacent to an activating group) is 1. The molecule has 4 rings (SSSR count). The van der Waals surface area contributed by atoms with Gasteiger partial charge in [0.15, 0.2) is 0 Å². The van der Waals surface area contributed by atoms with E-state index in [-0.39, 0.29) is 23.8 Å².